The lowest BCUT2D eigenvalue weighted by atomic mass is 10.1. The molecule has 24 heavy (non-hydrogen) atoms. The molecule has 3 rings (SSSR count). The van der Waals surface area contributed by atoms with Gasteiger partial charge in [-0.1, -0.05) is 25.1 Å². The molecule has 0 unspecified atom stereocenters. The molecule has 1 amide bonds. The Morgan fingerprint density at radius 1 is 1.08 bits per heavy atom. The standard InChI is InChI=1S/C20H25N3O/c1-4-17-8-10-18(11-9-17)22-13-15(2)23(16(3)14-22)20(24)19-7-5-6-12-21-19/h5-12,15-16H,4,13-14H2,1-3H3/t15-,16+. The van der Waals surface area contributed by atoms with Crippen molar-refractivity contribution >= 4 is 11.6 Å². The zero-order valence-electron chi connectivity index (χ0n) is 14.6. The van der Waals surface area contributed by atoms with Crippen molar-refractivity contribution in [1.29, 1.82) is 0 Å². The molecule has 1 aliphatic rings. The second kappa shape index (κ2) is 7.04. The summed E-state index contributed by atoms with van der Waals surface area (Å²) < 4.78 is 0. The van der Waals surface area contributed by atoms with Crippen LogP contribution in [0, 0.1) is 0 Å². The molecule has 1 saturated heterocycles. The number of carbonyl (C=O) groups is 1. The number of nitrogens with zero attached hydrogens (tertiary/aromatic N) is 3. The van der Waals surface area contributed by atoms with Crippen molar-refractivity contribution in [2.75, 3.05) is 18.0 Å². The van der Waals surface area contributed by atoms with Crippen molar-refractivity contribution in [3.63, 3.8) is 0 Å². The van der Waals surface area contributed by atoms with Crippen LogP contribution >= 0.6 is 0 Å². The molecule has 0 bridgehead atoms. The summed E-state index contributed by atoms with van der Waals surface area (Å²) in [5.41, 5.74) is 3.11. The predicted octanol–water partition coefficient (Wildman–Crippen LogP) is 3.38. The number of anilines is 1. The minimum absolute atomic E-state index is 0.0246. The maximum Gasteiger partial charge on any atom is 0.273 e. The average molecular weight is 323 g/mol. The molecule has 0 N–H and O–H groups in total. The topological polar surface area (TPSA) is 36.4 Å². The molecular weight excluding hydrogens is 298 g/mol. The number of pyridine rings is 1. The number of carbonyl (C=O) groups excluding carboxylic acids is 1. The second-order valence-corrected chi connectivity index (χ2v) is 6.55. The van der Waals surface area contributed by atoms with Gasteiger partial charge in [0.2, 0.25) is 0 Å². The van der Waals surface area contributed by atoms with Crippen molar-refractivity contribution in [1.82, 2.24) is 9.88 Å². The molecule has 1 aromatic heterocycles. The summed E-state index contributed by atoms with van der Waals surface area (Å²) in [7, 11) is 0. The predicted molar refractivity (Wildman–Crippen MR) is 97.4 cm³/mol. The summed E-state index contributed by atoms with van der Waals surface area (Å²) in [6.45, 7) is 8.08. The van der Waals surface area contributed by atoms with Crippen LogP contribution in [0.1, 0.15) is 36.8 Å². The third-order valence-corrected chi connectivity index (χ3v) is 4.75. The Balaban J connectivity index is 1.75. The van der Waals surface area contributed by atoms with Crippen LogP contribution in [0.5, 0.6) is 0 Å². The van der Waals surface area contributed by atoms with Crippen molar-refractivity contribution < 1.29 is 4.79 Å². The molecule has 2 atom stereocenters. The number of aryl methyl sites for hydroxylation is 1. The van der Waals surface area contributed by atoms with Crippen LogP contribution < -0.4 is 4.90 Å². The summed E-state index contributed by atoms with van der Waals surface area (Å²) in [6, 6.07) is 14.5. The summed E-state index contributed by atoms with van der Waals surface area (Å²) in [5.74, 6) is 0.0246. The monoisotopic (exact) mass is 323 g/mol. The van der Waals surface area contributed by atoms with Crippen LogP contribution in [0.2, 0.25) is 0 Å². The molecular formula is C20H25N3O. The molecule has 2 heterocycles. The van der Waals surface area contributed by atoms with Gasteiger partial charge in [0.1, 0.15) is 5.69 Å². The van der Waals surface area contributed by atoms with Crippen LogP contribution in [-0.2, 0) is 6.42 Å². The molecule has 2 aromatic rings. The molecule has 126 valence electrons. The first-order chi connectivity index (χ1) is 11.6. The Morgan fingerprint density at radius 3 is 2.29 bits per heavy atom. The maximum absolute atomic E-state index is 12.8. The summed E-state index contributed by atoms with van der Waals surface area (Å²) >= 11 is 0. The molecule has 4 heteroatoms. The fraction of sp³-hybridized carbons (Fsp3) is 0.400. The van der Waals surface area contributed by atoms with Gasteiger partial charge in [-0.15, -0.1) is 0 Å². The average Bonchev–Trinajstić information content (AvgIpc) is 2.61. The van der Waals surface area contributed by atoms with Gasteiger partial charge in [-0.2, -0.15) is 0 Å². The molecule has 0 spiro atoms. The Labute approximate surface area is 144 Å². The molecule has 4 nitrogen and oxygen atoms in total. The number of hydrogen-bond donors (Lipinski definition) is 0. The van der Waals surface area contributed by atoms with Crippen LogP contribution in [-0.4, -0.2) is 41.0 Å². The van der Waals surface area contributed by atoms with Crippen molar-refractivity contribution in [2.45, 2.75) is 39.3 Å². The van der Waals surface area contributed by atoms with E-state index in [9.17, 15) is 4.79 Å². The SMILES string of the molecule is CCc1ccc(N2C[C@@H](C)N(C(=O)c3ccccn3)[C@@H](C)C2)cc1. The highest BCUT2D eigenvalue weighted by atomic mass is 16.2. The van der Waals surface area contributed by atoms with E-state index >= 15 is 0 Å². The summed E-state index contributed by atoms with van der Waals surface area (Å²) in [5, 5.41) is 0. The fourth-order valence-electron chi connectivity index (χ4n) is 3.50. The molecule has 0 saturated carbocycles. The number of hydrogen-bond acceptors (Lipinski definition) is 3. The first-order valence-corrected chi connectivity index (χ1v) is 8.67. The van der Waals surface area contributed by atoms with E-state index < -0.39 is 0 Å². The van der Waals surface area contributed by atoms with E-state index in [1.54, 1.807) is 12.3 Å². The highest BCUT2D eigenvalue weighted by molar-refractivity contribution is 5.92. The van der Waals surface area contributed by atoms with Crippen LogP contribution in [0.15, 0.2) is 48.7 Å². The number of aromatic nitrogens is 1. The zero-order chi connectivity index (χ0) is 17.1. The molecule has 1 aliphatic heterocycles. The van der Waals surface area contributed by atoms with E-state index in [0.717, 1.165) is 19.5 Å². The molecule has 0 radical (unpaired) electrons. The number of rotatable bonds is 3. The first-order valence-electron chi connectivity index (χ1n) is 8.67. The normalized spacial score (nSPS) is 21.0. The number of piperazine rings is 1. The van der Waals surface area contributed by atoms with Crippen LogP contribution in [0.3, 0.4) is 0 Å². The van der Waals surface area contributed by atoms with Crippen molar-refractivity contribution in [3.05, 3.63) is 59.9 Å². The van der Waals surface area contributed by atoms with Gasteiger partial charge in [-0.05, 0) is 50.1 Å². The van der Waals surface area contributed by atoms with E-state index in [0.29, 0.717) is 5.69 Å². The van der Waals surface area contributed by atoms with E-state index in [2.05, 4.69) is 54.9 Å². The quantitative estimate of drug-likeness (QED) is 0.869. The highest BCUT2D eigenvalue weighted by Gasteiger charge is 2.33. The van der Waals surface area contributed by atoms with Crippen molar-refractivity contribution in [3.8, 4) is 0 Å². The van der Waals surface area contributed by atoms with Crippen molar-refractivity contribution in [2.24, 2.45) is 0 Å². The van der Waals surface area contributed by atoms with E-state index in [4.69, 9.17) is 0 Å². The van der Waals surface area contributed by atoms with Gasteiger partial charge in [0.25, 0.3) is 5.91 Å². The van der Waals surface area contributed by atoms with Gasteiger partial charge in [0.15, 0.2) is 0 Å². The van der Waals surface area contributed by atoms with Gasteiger partial charge < -0.3 is 9.80 Å². The molecule has 1 fully saturated rings. The summed E-state index contributed by atoms with van der Waals surface area (Å²) in [4.78, 5) is 21.3. The zero-order valence-corrected chi connectivity index (χ0v) is 14.6. The minimum atomic E-state index is 0.0246. The number of amides is 1. The third kappa shape index (κ3) is 3.28. The van der Waals surface area contributed by atoms with Crippen LogP contribution in [0.25, 0.3) is 0 Å². The lowest BCUT2D eigenvalue weighted by molar-refractivity contribution is 0.0568. The Hall–Kier alpha value is -2.36. The fourth-order valence-corrected chi connectivity index (χ4v) is 3.50. The van der Waals surface area contributed by atoms with Gasteiger partial charge >= 0.3 is 0 Å². The van der Waals surface area contributed by atoms with E-state index in [1.807, 2.05) is 17.0 Å². The van der Waals surface area contributed by atoms with Gasteiger partial charge in [-0.3, -0.25) is 9.78 Å². The Morgan fingerprint density at radius 2 is 1.75 bits per heavy atom. The van der Waals surface area contributed by atoms with E-state index in [1.165, 1.54) is 11.3 Å². The van der Waals surface area contributed by atoms with Gasteiger partial charge in [0, 0.05) is 37.1 Å². The second-order valence-electron chi connectivity index (χ2n) is 6.55. The Kier molecular flexibility index (Phi) is 4.84. The van der Waals surface area contributed by atoms with Gasteiger partial charge in [-0.25, -0.2) is 0 Å². The van der Waals surface area contributed by atoms with E-state index in [-0.39, 0.29) is 18.0 Å². The summed E-state index contributed by atoms with van der Waals surface area (Å²) in [6.07, 6.45) is 2.73. The smallest absolute Gasteiger partial charge is 0.273 e. The first kappa shape index (κ1) is 16.5. The molecule has 1 aromatic carbocycles. The lowest BCUT2D eigenvalue weighted by Gasteiger charge is -2.45. The Bertz CT molecular complexity index is 672. The maximum atomic E-state index is 12.8. The third-order valence-electron chi connectivity index (χ3n) is 4.75. The van der Waals surface area contributed by atoms with Crippen LogP contribution in [0.4, 0.5) is 5.69 Å². The largest absolute Gasteiger partial charge is 0.367 e. The van der Waals surface area contributed by atoms with Gasteiger partial charge in [0.05, 0.1) is 0 Å². The number of benzene rings is 1. The highest BCUT2D eigenvalue weighted by Crippen LogP contribution is 2.24. The minimum Gasteiger partial charge on any atom is -0.367 e. The molecule has 0 aliphatic carbocycles. The lowest BCUT2D eigenvalue weighted by Crippen LogP contribution is -2.58.